The summed E-state index contributed by atoms with van der Waals surface area (Å²) >= 11 is 8.50. The second-order valence-corrected chi connectivity index (χ2v) is 6.07. The highest BCUT2D eigenvalue weighted by Gasteiger charge is 2.10. The molecule has 0 amide bonds. The minimum absolute atomic E-state index is 0.0826. The first-order valence-electron chi connectivity index (χ1n) is 6.61. The van der Waals surface area contributed by atoms with Crippen molar-refractivity contribution in [2.45, 2.75) is 0 Å². The van der Waals surface area contributed by atoms with Gasteiger partial charge in [-0.15, -0.1) is 10.2 Å². The summed E-state index contributed by atoms with van der Waals surface area (Å²) in [5, 5.41) is 21.7. The summed E-state index contributed by atoms with van der Waals surface area (Å²) in [5.41, 5.74) is 2.39. The van der Waals surface area contributed by atoms with Gasteiger partial charge < -0.3 is 15.4 Å². The molecule has 0 aliphatic rings. The molecule has 1 aromatic heterocycles. The van der Waals surface area contributed by atoms with Gasteiger partial charge in [-0.3, -0.25) is 0 Å². The number of hydrogen-bond acceptors (Lipinski definition) is 3. The zero-order chi connectivity index (χ0) is 16.4. The zero-order valence-corrected chi connectivity index (χ0v) is 14.1. The van der Waals surface area contributed by atoms with E-state index in [1.54, 1.807) is 18.2 Å². The number of halogens is 1. The Balaban J connectivity index is 1.82. The molecule has 0 saturated carbocycles. The third-order valence-electron chi connectivity index (χ3n) is 3.11. The fraction of sp³-hybridized carbons (Fsp3) is 0. The molecule has 0 bridgehead atoms. The standard InChI is InChI=1S/C15H10BBrN4OS/c16-8-1-6-12-11(7-8)13(14(22)19-12)20-21-15(23)18-10-4-2-9(17)3-5-10/h1-7,19,22H,(H,18,23). The first-order chi connectivity index (χ1) is 11.0. The molecule has 1 heterocycles. The summed E-state index contributed by atoms with van der Waals surface area (Å²) in [6.45, 7) is 0. The second-order valence-electron chi connectivity index (χ2n) is 4.76. The van der Waals surface area contributed by atoms with Gasteiger partial charge in [0.05, 0.1) is 5.52 Å². The summed E-state index contributed by atoms with van der Waals surface area (Å²) in [5.74, 6) is -0.0826. The molecule has 3 aromatic rings. The summed E-state index contributed by atoms with van der Waals surface area (Å²) in [6.07, 6.45) is 0. The van der Waals surface area contributed by atoms with Gasteiger partial charge in [0.1, 0.15) is 7.85 Å². The van der Waals surface area contributed by atoms with E-state index < -0.39 is 0 Å². The number of aromatic hydroxyl groups is 1. The first-order valence-corrected chi connectivity index (χ1v) is 7.81. The molecule has 0 saturated heterocycles. The van der Waals surface area contributed by atoms with Gasteiger partial charge in [-0.25, -0.2) is 0 Å². The third kappa shape index (κ3) is 3.60. The van der Waals surface area contributed by atoms with E-state index in [4.69, 9.17) is 20.1 Å². The molecular formula is C15H10BBrN4OS. The van der Waals surface area contributed by atoms with Gasteiger partial charge >= 0.3 is 0 Å². The molecule has 0 atom stereocenters. The first kappa shape index (κ1) is 15.7. The van der Waals surface area contributed by atoms with Crippen molar-refractivity contribution in [2.24, 2.45) is 10.2 Å². The van der Waals surface area contributed by atoms with Crippen LogP contribution in [0.2, 0.25) is 0 Å². The Bertz CT molecular complexity index is 908. The lowest BCUT2D eigenvalue weighted by Gasteiger charge is -2.02. The number of benzene rings is 2. The minimum Gasteiger partial charge on any atom is -0.493 e. The van der Waals surface area contributed by atoms with E-state index >= 15 is 0 Å². The van der Waals surface area contributed by atoms with Crippen molar-refractivity contribution in [1.29, 1.82) is 0 Å². The number of nitrogens with one attached hydrogen (secondary N) is 2. The monoisotopic (exact) mass is 384 g/mol. The van der Waals surface area contributed by atoms with E-state index in [2.05, 4.69) is 36.5 Å². The van der Waals surface area contributed by atoms with E-state index in [0.29, 0.717) is 16.5 Å². The molecule has 0 fully saturated rings. The van der Waals surface area contributed by atoms with Gasteiger partial charge in [0, 0.05) is 15.5 Å². The summed E-state index contributed by atoms with van der Waals surface area (Å²) in [4.78, 5) is 2.81. The number of hydrogen-bond donors (Lipinski definition) is 3. The Morgan fingerprint density at radius 2 is 1.96 bits per heavy atom. The quantitative estimate of drug-likeness (QED) is 0.356. The van der Waals surface area contributed by atoms with Crippen molar-refractivity contribution < 1.29 is 5.11 Å². The van der Waals surface area contributed by atoms with Gasteiger partial charge in [-0.05, 0) is 42.5 Å². The van der Waals surface area contributed by atoms with Crippen molar-refractivity contribution in [3.8, 4) is 5.88 Å². The van der Waals surface area contributed by atoms with Crippen LogP contribution in [-0.2, 0) is 0 Å². The summed E-state index contributed by atoms with van der Waals surface area (Å²) in [7, 11) is 5.76. The molecule has 8 heteroatoms. The highest BCUT2D eigenvalue weighted by atomic mass is 79.9. The van der Waals surface area contributed by atoms with Crippen LogP contribution in [0.25, 0.3) is 10.9 Å². The predicted octanol–water partition coefficient (Wildman–Crippen LogP) is 3.91. The van der Waals surface area contributed by atoms with E-state index in [0.717, 1.165) is 15.7 Å². The number of fused-ring (bicyclic) bond motifs is 1. The lowest BCUT2D eigenvalue weighted by molar-refractivity contribution is 0.459. The maximum absolute atomic E-state index is 9.94. The van der Waals surface area contributed by atoms with Gasteiger partial charge in [0.25, 0.3) is 0 Å². The molecule has 0 aliphatic heterocycles. The molecule has 2 radical (unpaired) electrons. The van der Waals surface area contributed by atoms with Crippen LogP contribution in [0.15, 0.2) is 57.2 Å². The third-order valence-corrected chi connectivity index (χ3v) is 3.82. The van der Waals surface area contributed by atoms with E-state index in [1.807, 2.05) is 24.3 Å². The lowest BCUT2D eigenvalue weighted by Crippen LogP contribution is -2.04. The van der Waals surface area contributed by atoms with Crippen LogP contribution >= 0.6 is 28.1 Å². The maximum Gasteiger partial charge on any atom is 0.218 e. The van der Waals surface area contributed by atoms with Crippen molar-refractivity contribution in [3.05, 3.63) is 46.9 Å². The molecule has 2 aromatic carbocycles. The van der Waals surface area contributed by atoms with Crippen LogP contribution in [0, 0.1) is 0 Å². The molecule has 112 valence electrons. The van der Waals surface area contributed by atoms with Gasteiger partial charge in [-0.2, -0.15) is 0 Å². The minimum atomic E-state index is -0.0826. The number of rotatable bonds is 2. The van der Waals surface area contributed by atoms with Crippen LogP contribution in [0.4, 0.5) is 11.4 Å². The number of anilines is 1. The van der Waals surface area contributed by atoms with E-state index in [-0.39, 0.29) is 11.0 Å². The van der Waals surface area contributed by atoms with Gasteiger partial charge in [-0.1, -0.05) is 33.5 Å². The molecule has 0 spiro atoms. The van der Waals surface area contributed by atoms with Crippen LogP contribution in [-0.4, -0.2) is 23.0 Å². The zero-order valence-electron chi connectivity index (χ0n) is 11.7. The van der Waals surface area contributed by atoms with E-state index in [1.165, 1.54) is 0 Å². The van der Waals surface area contributed by atoms with Crippen LogP contribution < -0.4 is 10.8 Å². The number of nitrogens with zero attached hydrogens (tertiary/aromatic N) is 2. The Kier molecular flexibility index (Phi) is 4.45. The maximum atomic E-state index is 9.94. The van der Waals surface area contributed by atoms with Crippen LogP contribution in [0.3, 0.4) is 0 Å². The molecule has 3 N–H and O–H groups in total. The Hall–Kier alpha value is -2.19. The smallest absolute Gasteiger partial charge is 0.218 e. The van der Waals surface area contributed by atoms with E-state index in [9.17, 15) is 5.11 Å². The number of azo groups is 1. The second kappa shape index (κ2) is 6.51. The van der Waals surface area contributed by atoms with Crippen molar-refractivity contribution in [3.63, 3.8) is 0 Å². The SMILES string of the molecule is [B]c1ccc2[nH]c(O)c(N=NC(=S)Nc3ccc(Br)cc3)c2c1. The van der Waals surface area contributed by atoms with Crippen molar-refractivity contribution in [1.82, 2.24) is 4.98 Å². The number of thiocarbonyl (C=S) groups is 1. The molecule has 5 nitrogen and oxygen atoms in total. The topological polar surface area (TPSA) is 72.8 Å². The van der Waals surface area contributed by atoms with Crippen LogP contribution in [0.5, 0.6) is 5.88 Å². The highest BCUT2D eigenvalue weighted by molar-refractivity contribution is 9.10. The lowest BCUT2D eigenvalue weighted by atomic mass is 9.95. The normalized spacial score (nSPS) is 11.2. The van der Waals surface area contributed by atoms with Gasteiger partial charge in [0.2, 0.25) is 11.0 Å². The fourth-order valence-corrected chi connectivity index (χ4v) is 2.48. The number of aromatic amines is 1. The van der Waals surface area contributed by atoms with Gasteiger partial charge in [0.15, 0.2) is 5.69 Å². The predicted molar refractivity (Wildman–Crippen MR) is 100 cm³/mol. The Morgan fingerprint density at radius 1 is 1.22 bits per heavy atom. The fourth-order valence-electron chi connectivity index (χ4n) is 2.06. The molecular weight excluding hydrogens is 375 g/mol. The summed E-state index contributed by atoms with van der Waals surface area (Å²) in [6, 6.07) is 12.7. The largest absolute Gasteiger partial charge is 0.493 e. The average molecular weight is 385 g/mol. The summed E-state index contributed by atoms with van der Waals surface area (Å²) < 4.78 is 0.969. The van der Waals surface area contributed by atoms with Crippen LogP contribution in [0.1, 0.15) is 0 Å². The van der Waals surface area contributed by atoms with Crippen molar-refractivity contribution in [2.75, 3.05) is 5.32 Å². The average Bonchev–Trinajstić information content (AvgIpc) is 2.82. The Labute approximate surface area is 147 Å². The number of aromatic nitrogens is 1. The Morgan fingerprint density at radius 3 is 2.70 bits per heavy atom. The molecule has 0 unspecified atom stereocenters. The number of H-pyrrole nitrogens is 1. The molecule has 23 heavy (non-hydrogen) atoms. The highest BCUT2D eigenvalue weighted by Crippen LogP contribution is 2.34. The van der Waals surface area contributed by atoms with Crippen molar-refractivity contribution >= 4 is 68.8 Å². The molecule has 0 aliphatic carbocycles. The molecule has 3 rings (SSSR count).